The van der Waals surface area contributed by atoms with E-state index >= 15 is 0 Å². The summed E-state index contributed by atoms with van der Waals surface area (Å²) in [6.45, 7) is 8.44. The van der Waals surface area contributed by atoms with E-state index in [1.54, 1.807) is 25.1 Å². The number of carbonyl (C=O) groups is 2. The minimum absolute atomic E-state index is 0.107. The summed E-state index contributed by atoms with van der Waals surface area (Å²) in [6, 6.07) is 12.0. The van der Waals surface area contributed by atoms with Crippen molar-refractivity contribution in [2.45, 2.75) is 59.5 Å². The van der Waals surface area contributed by atoms with E-state index in [4.69, 9.17) is 11.6 Å². The molecule has 2 aromatic rings. The van der Waals surface area contributed by atoms with E-state index in [9.17, 15) is 18.0 Å². The Labute approximate surface area is 214 Å². The Morgan fingerprint density at radius 2 is 1.74 bits per heavy atom. The number of rotatable bonds is 12. The SMILES string of the molecule is CCCNC(=O)C(C)N(Cc1ccc(Cl)cc1)C(=O)CCCN(c1cccc(C)c1C)S(C)(=O)=O. The molecule has 9 heteroatoms. The molecule has 0 bridgehead atoms. The van der Waals surface area contributed by atoms with Gasteiger partial charge in [0.25, 0.3) is 0 Å². The highest BCUT2D eigenvalue weighted by Gasteiger charge is 2.26. The zero-order valence-corrected chi connectivity index (χ0v) is 22.7. The largest absolute Gasteiger partial charge is 0.354 e. The predicted octanol–water partition coefficient (Wildman–Crippen LogP) is 4.45. The van der Waals surface area contributed by atoms with E-state index in [2.05, 4.69) is 5.32 Å². The number of carbonyl (C=O) groups excluding carboxylic acids is 2. The molecule has 0 heterocycles. The summed E-state index contributed by atoms with van der Waals surface area (Å²) >= 11 is 5.99. The summed E-state index contributed by atoms with van der Waals surface area (Å²) in [4.78, 5) is 27.5. The van der Waals surface area contributed by atoms with Gasteiger partial charge in [-0.15, -0.1) is 0 Å². The predicted molar refractivity (Wildman–Crippen MR) is 142 cm³/mol. The first kappa shape index (κ1) is 28.7. The van der Waals surface area contributed by atoms with Crippen LogP contribution in [0.15, 0.2) is 42.5 Å². The third kappa shape index (κ3) is 8.25. The van der Waals surface area contributed by atoms with Gasteiger partial charge in [0.2, 0.25) is 21.8 Å². The maximum Gasteiger partial charge on any atom is 0.242 e. The highest BCUT2D eigenvalue weighted by atomic mass is 35.5. The number of nitrogens with one attached hydrogen (secondary N) is 1. The van der Waals surface area contributed by atoms with Crippen LogP contribution in [0, 0.1) is 13.8 Å². The van der Waals surface area contributed by atoms with Crippen LogP contribution >= 0.6 is 11.6 Å². The van der Waals surface area contributed by atoms with Crippen molar-refractivity contribution < 1.29 is 18.0 Å². The van der Waals surface area contributed by atoms with E-state index in [-0.39, 0.29) is 31.3 Å². The third-order valence-electron chi connectivity index (χ3n) is 5.98. The second-order valence-corrected chi connectivity index (χ2v) is 11.1. The highest BCUT2D eigenvalue weighted by molar-refractivity contribution is 7.92. The molecule has 0 saturated heterocycles. The van der Waals surface area contributed by atoms with Gasteiger partial charge in [0.15, 0.2) is 0 Å². The highest BCUT2D eigenvalue weighted by Crippen LogP contribution is 2.25. The van der Waals surface area contributed by atoms with Crippen LogP contribution in [0.2, 0.25) is 5.02 Å². The molecule has 7 nitrogen and oxygen atoms in total. The number of hydrogen-bond acceptors (Lipinski definition) is 4. The smallest absolute Gasteiger partial charge is 0.242 e. The van der Waals surface area contributed by atoms with Gasteiger partial charge < -0.3 is 10.2 Å². The summed E-state index contributed by atoms with van der Waals surface area (Å²) < 4.78 is 26.4. The average Bonchev–Trinajstić information content (AvgIpc) is 2.80. The van der Waals surface area contributed by atoms with Crippen molar-refractivity contribution in [2.24, 2.45) is 0 Å². The van der Waals surface area contributed by atoms with Gasteiger partial charge in [0.1, 0.15) is 6.04 Å². The Morgan fingerprint density at radius 1 is 1.09 bits per heavy atom. The molecule has 0 aliphatic carbocycles. The molecule has 2 rings (SSSR count). The molecule has 192 valence electrons. The fraction of sp³-hybridized carbons (Fsp3) is 0.462. The third-order valence-corrected chi connectivity index (χ3v) is 7.41. The molecule has 0 aliphatic rings. The molecule has 1 atom stereocenters. The Kier molecular flexibility index (Phi) is 10.6. The van der Waals surface area contributed by atoms with Crippen molar-refractivity contribution in [2.75, 3.05) is 23.7 Å². The van der Waals surface area contributed by atoms with Crippen LogP contribution in [-0.2, 0) is 26.2 Å². The van der Waals surface area contributed by atoms with E-state index in [1.807, 2.05) is 45.0 Å². The summed E-state index contributed by atoms with van der Waals surface area (Å²) in [7, 11) is -3.54. The molecule has 1 unspecified atom stereocenters. The second-order valence-electron chi connectivity index (χ2n) is 8.77. The van der Waals surface area contributed by atoms with E-state index in [1.165, 1.54) is 15.5 Å². The van der Waals surface area contributed by atoms with E-state index < -0.39 is 16.1 Å². The maximum atomic E-state index is 13.3. The molecular formula is C26H36ClN3O4S. The monoisotopic (exact) mass is 521 g/mol. The number of hydrogen-bond donors (Lipinski definition) is 1. The topological polar surface area (TPSA) is 86.8 Å². The van der Waals surface area contributed by atoms with E-state index in [0.717, 1.165) is 23.1 Å². The fourth-order valence-electron chi connectivity index (χ4n) is 3.75. The fourth-order valence-corrected chi connectivity index (χ4v) is 4.90. The number of amides is 2. The molecule has 35 heavy (non-hydrogen) atoms. The van der Waals surface area contributed by atoms with E-state index in [0.29, 0.717) is 23.7 Å². The normalized spacial score (nSPS) is 12.2. The molecule has 0 aliphatic heterocycles. The number of nitrogens with zero attached hydrogens (tertiary/aromatic N) is 2. The van der Waals surface area contributed by atoms with Gasteiger partial charge in [0, 0.05) is 31.1 Å². The summed E-state index contributed by atoms with van der Waals surface area (Å²) in [5.74, 6) is -0.434. The zero-order chi connectivity index (χ0) is 26.2. The van der Waals surface area contributed by atoms with Gasteiger partial charge in [-0.05, 0) is 68.5 Å². The van der Waals surface area contributed by atoms with Crippen LogP contribution < -0.4 is 9.62 Å². The lowest BCUT2D eigenvalue weighted by molar-refractivity contribution is -0.140. The molecule has 0 saturated carbocycles. The first-order valence-corrected chi connectivity index (χ1v) is 14.0. The van der Waals surface area contributed by atoms with Gasteiger partial charge in [-0.3, -0.25) is 13.9 Å². The maximum absolute atomic E-state index is 13.3. The molecule has 0 spiro atoms. The van der Waals surface area contributed by atoms with Crippen molar-refractivity contribution >= 4 is 39.1 Å². The average molecular weight is 522 g/mol. The number of aryl methyl sites for hydroxylation is 1. The molecule has 0 fully saturated rings. The van der Waals surface area contributed by atoms with Crippen LogP contribution in [0.4, 0.5) is 5.69 Å². The van der Waals surface area contributed by atoms with Crippen LogP contribution in [0.25, 0.3) is 0 Å². The number of benzene rings is 2. The lowest BCUT2D eigenvalue weighted by Crippen LogP contribution is -2.47. The number of anilines is 1. The van der Waals surface area contributed by atoms with Gasteiger partial charge in [-0.1, -0.05) is 42.8 Å². The van der Waals surface area contributed by atoms with Crippen molar-refractivity contribution in [3.8, 4) is 0 Å². The van der Waals surface area contributed by atoms with Crippen molar-refractivity contribution in [1.29, 1.82) is 0 Å². The molecule has 2 amide bonds. The van der Waals surface area contributed by atoms with Crippen LogP contribution in [0.3, 0.4) is 0 Å². The lowest BCUT2D eigenvalue weighted by atomic mass is 10.1. The molecule has 2 aromatic carbocycles. The first-order chi connectivity index (χ1) is 16.5. The molecule has 0 radical (unpaired) electrons. The zero-order valence-electron chi connectivity index (χ0n) is 21.2. The van der Waals surface area contributed by atoms with Gasteiger partial charge in [-0.2, -0.15) is 0 Å². The number of sulfonamides is 1. The quantitative estimate of drug-likeness (QED) is 0.447. The van der Waals surface area contributed by atoms with Crippen LogP contribution in [-0.4, -0.2) is 50.5 Å². The van der Waals surface area contributed by atoms with Crippen LogP contribution in [0.5, 0.6) is 0 Å². The minimum Gasteiger partial charge on any atom is -0.354 e. The minimum atomic E-state index is -3.54. The molecule has 0 aromatic heterocycles. The van der Waals surface area contributed by atoms with Gasteiger partial charge in [-0.25, -0.2) is 8.42 Å². The summed E-state index contributed by atoms with van der Waals surface area (Å²) in [6.07, 6.45) is 2.39. The Morgan fingerprint density at radius 3 is 2.34 bits per heavy atom. The Balaban J connectivity index is 2.18. The second kappa shape index (κ2) is 12.9. The van der Waals surface area contributed by atoms with Gasteiger partial charge in [0.05, 0.1) is 11.9 Å². The number of halogens is 1. The molecule has 1 N–H and O–H groups in total. The molecular weight excluding hydrogens is 486 g/mol. The Hall–Kier alpha value is -2.58. The summed E-state index contributed by atoms with van der Waals surface area (Å²) in [5, 5.41) is 3.44. The summed E-state index contributed by atoms with van der Waals surface area (Å²) in [5.41, 5.74) is 3.35. The first-order valence-electron chi connectivity index (χ1n) is 11.8. The van der Waals surface area contributed by atoms with Crippen LogP contribution in [0.1, 0.15) is 49.8 Å². The lowest BCUT2D eigenvalue weighted by Gasteiger charge is -2.29. The standard InChI is InChI=1S/C26H36ClN3O4S/c1-6-16-28-26(32)21(4)29(18-22-12-14-23(27)15-13-22)25(31)11-8-17-30(35(5,33)34)24-10-7-9-19(2)20(24)3/h7,9-10,12-15,21H,6,8,11,16-18H2,1-5H3,(H,28,32). The van der Waals surface area contributed by atoms with Crippen molar-refractivity contribution in [3.05, 3.63) is 64.2 Å². The van der Waals surface area contributed by atoms with Crippen molar-refractivity contribution in [3.63, 3.8) is 0 Å². The van der Waals surface area contributed by atoms with Crippen molar-refractivity contribution in [1.82, 2.24) is 10.2 Å². The Bertz CT molecular complexity index is 1120. The van der Waals surface area contributed by atoms with Gasteiger partial charge >= 0.3 is 0 Å².